The van der Waals surface area contributed by atoms with Crippen molar-refractivity contribution in [2.24, 2.45) is 11.3 Å². The molecule has 1 aliphatic carbocycles. The number of piperidine rings is 2. The molecule has 0 aromatic carbocycles. The maximum absolute atomic E-state index is 13.6. The summed E-state index contributed by atoms with van der Waals surface area (Å²) < 4.78 is 33.4. The molecular weight excluding hydrogens is 466 g/mol. The Labute approximate surface area is 210 Å². The molecular formula is C25H41N5O4S. The third-order valence-electron chi connectivity index (χ3n) is 7.90. The maximum atomic E-state index is 13.6. The molecule has 4 rings (SSSR count). The Bertz CT molecular complexity index is 940. The van der Waals surface area contributed by atoms with Crippen molar-refractivity contribution < 1.29 is 17.9 Å². The Morgan fingerprint density at radius 1 is 1.09 bits per heavy atom. The number of likely N-dealkylation sites (tertiary alicyclic amines) is 1. The Hall–Kier alpha value is -1.78. The first-order valence-electron chi connectivity index (χ1n) is 13.0. The average molecular weight is 508 g/mol. The summed E-state index contributed by atoms with van der Waals surface area (Å²) in [6, 6.07) is 1.21. The predicted octanol–water partition coefficient (Wildman–Crippen LogP) is 2.59. The predicted molar refractivity (Wildman–Crippen MR) is 135 cm³/mol. The SMILES string of the molecule is CC1(C)CCC(C(=O)N2CCC[C@H](NS(C)(=O)=O)[C@@H]2COC2CCN(c3ncccn3)CC2)CC1. The molecule has 35 heavy (non-hydrogen) atoms. The maximum Gasteiger partial charge on any atom is 0.226 e. The van der Waals surface area contributed by atoms with E-state index in [0.717, 1.165) is 64.0 Å². The molecule has 3 fully saturated rings. The van der Waals surface area contributed by atoms with Gasteiger partial charge < -0.3 is 14.5 Å². The Balaban J connectivity index is 1.39. The average Bonchev–Trinajstić information content (AvgIpc) is 2.82. The van der Waals surface area contributed by atoms with Crippen LogP contribution >= 0.6 is 0 Å². The van der Waals surface area contributed by atoms with Crippen LogP contribution in [0.5, 0.6) is 0 Å². The number of nitrogens with one attached hydrogen (secondary N) is 1. The third kappa shape index (κ3) is 7.13. The molecule has 3 aliphatic rings. The smallest absolute Gasteiger partial charge is 0.226 e. The number of hydrogen-bond donors (Lipinski definition) is 1. The second-order valence-electron chi connectivity index (χ2n) is 11.2. The summed E-state index contributed by atoms with van der Waals surface area (Å²) in [7, 11) is -3.39. The van der Waals surface area contributed by atoms with Crippen molar-refractivity contribution in [2.45, 2.75) is 83.4 Å². The van der Waals surface area contributed by atoms with Gasteiger partial charge in [0.15, 0.2) is 0 Å². The fraction of sp³-hybridized carbons (Fsp3) is 0.800. The Kier molecular flexibility index (Phi) is 8.33. The van der Waals surface area contributed by atoms with Gasteiger partial charge in [-0.25, -0.2) is 23.1 Å². The van der Waals surface area contributed by atoms with Crippen LogP contribution in [0.25, 0.3) is 0 Å². The molecule has 1 aromatic rings. The van der Waals surface area contributed by atoms with E-state index < -0.39 is 10.0 Å². The topological polar surface area (TPSA) is 105 Å². The van der Waals surface area contributed by atoms with Crippen molar-refractivity contribution in [1.82, 2.24) is 19.6 Å². The fourth-order valence-electron chi connectivity index (χ4n) is 5.74. The number of hydrogen-bond acceptors (Lipinski definition) is 7. The zero-order valence-electron chi connectivity index (χ0n) is 21.4. The Morgan fingerprint density at radius 2 is 1.74 bits per heavy atom. The van der Waals surface area contributed by atoms with Crippen LogP contribution in [-0.2, 0) is 19.6 Å². The molecule has 0 spiro atoms. The summed E-state index contributed by atoms with van der Waals surface area (Å²) in [5.74, 6) is 0.935. The number of rotatable bonds is 7. The first-order valence-corrected chi connectivity index (χ1v) is 14.9. The number of carbonyl (C=O) groups is 1. The van der Waals surface area contributed by atoms with Gasteiger partial charge in [-0.1, -0.05) is 13.8 Å². The van der Waals surface area contributed by atoms with Crippen LogP contribution in [0.15, 0.2) is 18.5 Å². The number of sulfonamides is 1. The number of ether oxygens (including phenoxy) is 1. The lowest BCUT2D eigenvalue weighted by Gasteiger charge is -2.44. The molecule has 1 N–H and O–H groups in total. The minimum atomic E-state index is -3.39. The summed E-state index contributed by atoms with van der Waals surface area (Å²) in [6.45, 7) is 7.18. The molecule has 0 bridgehead atoms. The van der Waals surface area contributed by atoms with Crippen LogP contribution in [0.2, 0.25) is 0 Å². The summed E-state index contributed by atoms with van der Waals surface area (Å²) in [4.78, 5) is 26.4. The van der Waals surface area contributed by atoms with Gasteiger partial charge in [-0.3, -0.25) is 4.79 Å². The lowest BCUT2D eigenvalue weighted by molar-refractivity contribution is -0.144. The van der Waals surface area contributed by atoms with Gasteiger partial charge in [-0.2, -0.15) is 0 Å². The molecule has 0 radical (unpaired) electrons. The number of aromatic nitrogens is 2. The minimum Gasteiger partial charge on any atom is -0.376 e. The first-order chi connectivity index (χ1) is 16.6. The van der Waals surface area contributed by atoms with Gasteiger partial charge in [0.1, 0.15) is 0 Å². The van der Waals surface area contributed by atoms with Crippen molar-refractivity contribution in [1.29, 1.82) is 0 Å². The largest absolute Gasteiger partial charge is 0.376 e. The summed E-state index contributed by atoms with van der Waals surface area (Å²) in [6.07, 6.45) is 11.9. The highest BCUT2D eigenvalue weighted by Crippen LogP contribution is 2.39. The van der Waals surface area contributed by atoms with Crippen molar-refractivity contribution in [3.63, 3.8) is 0 Å². The summed E-state index contributed by atoms with van der Waals surface area (Å²) in [5, 5.41) is 0. The molecule has 1 aromatic heterocycles. The van der Waals surface area contributed by atoms with Gasteiger partial charge in [-0.05, 0) is 62.8 Å². The highest BCUT2D eigenvalue weighted by atomic mass is 32.2. The van der Waals surface area contributed by atoms with Crippen molar-refractivity contribution in [2.75, 3.05) is 37.4 Å². The molecule has 196 valence electrons. The van der Waals surface area contributed by atoms with Crippen LogP contribution < -0.4 is 9.62 Å². The molecule has 1 amide bonds. The van der Waals surface area contributed by atoms with Crippen LogP contribution in [0.4, 0.5) is 5.95 Å². The van der Waals surface area contributed by atoms with E-state index in [1.807, 2.05) is 11.0 Å². The van der Waals surface area contributed by atoms with Crippen molar-refractivity contribution in [3.8, 4) is 0 Å². The van der Waals surface area contributed by atoms with E-state index >= 15 is 0 Å². The van der Waals surface area contributed by atoms with Crippen molar-refractivity contribution in [3.05, 3.63) is 18.5 Å². The van der Waals surface area contributed by atoms with Gasteiger partial charge in [0, 0.05) is 44.0 Å². The van der Waals surface area contributed by atoms with Crippen LogP contribution in [0, 0.1) is 11.3 Å². The quantitative estimate of drug-likeness (QED) is 0.605. The molecule has 9 nitrogen and oxygen atoms in total. The van der Waals surface area contributed by atoms with E-state index in [4.69, 9.17) is 4.74 Å². The highest BCUT2D eigenvalue weighted by Gasteiger charge is 2.40. The molecule has 2 saturated heterocycles. The van der Waals surface area contributed by atoms with E-state index in [9.17, 15) is 13.2 Å². The van der Waals surface area contributed by atoms with E-state index in [0.29, 0.717) is 25.0 Å². The monoisotopic (exact) mass is 507 g/mol. The van der Waals surface area contributed by atoms with Crippen molar-refractivity contribution >= 4 is 21.9 Å². The van der Waals surface area contributed by atoms with Gasteiger partial charge in [0.05, 0.1) is 25.0 Å². The van der Waals surface area contributed by atoms with E-state index in [-0.39, 0.29) is 30.0 Å². The molecule has 1 saturated carbocycles. The number of nitrogens with zero attached hydrogens (tertiary/aromatic N) is 4. The molecule has 2 atom stereocenters. The summed E-state index contributed by atoms with van der Waals surface area (Å²) >= 11 is 0. The summed E-state index contributed by atoms with van der Waals surface area (Å²) in [5.41, 5.74) is 0.293. The molecule has 3 heterocycles. The van der Waals surface area contributed by atoms with Crippen LogP contribution in [0.1, 0.15) is 65.2 Å². The van der Waals surface area contributed by atoms with Gasteiger partial charge in [0.25, 0.3) is 0 Å². The van der Waals surface area contributed by atoms with Gasteiger partial charge in [0.2, 0.25) is 21.9 Å². The third-order valence-corrected chi connectivity index (χ3v) is 8.63. The second-order valence-corrected chi connectivity index (χ2v) is 13.0. The van der Waals surface area contributed by atoms with E-state index in [1.54, 1.807) is 12.4 Å². The lowest BCUT2D eigenvalue weighted by Crippen LogP contribution is -2.60. The number of anilines is 1. The molecule has 0 unspecified atom stereocenters. The molecule has 10 heteroatoms. The normalized spacial score (nSPS) is 26.6. The lowest BCUT2D eigenvalue weighted by atomic mass is 9.72. The number of carbonyl (C=O) groups excluding carboxylic acids is 1. The molecule has 2 aliphatic heterocycles. The van der Waals surface area contributed by atoms with Crippen LogP contribution in [-0.4, -0.2) is 79.9 Å². The van der Waals surface area contributed by atoms with Gasteiger partial charge >= 0.3 is 0 Å². The first kappa shape index (κ1) is 26.3. The van der Waals surface area contributed by atoms with Gasteiger partial charge in [-0.15, -0.1) is 0 Å². The standard InChI is InChI=1S/C25H41N5O4S/c1-25(2)11-7-19(8-12-25)23(31)30-15-4-6-21(28-35(3,32)33)22(30)18-34-20-9-16-29(17-10-20)24-26-13-5-14-27-24/h5,13-14,19-22,28H,4,6-12,15-18H2,1-3H3/t21-,22-/m0/s1. The van der Waals surface area contributed by atoms with E-state index in [2.05, 4.69) is 33.4 Å². The van der Waals surface area contributed by atoms with Crippen LogP contribution in [0.3, 0.4) is 0 Å². The number of amides is 1. The van der Waals surface area contributed by atoms with E-state index in [1.165, 1.54) is 6.26 Å². The fourth-order valence-corrected chi connectivity index (χ4v) is 6.57. The second kappa shape index (κ2) is 11.1. The Morgan fingerprint density at radius 3 is 2.37 bits per heavy atom. The zero-order valence-corrected chi connectivity index (χ0v) is 22.2. The minimum absolute atomic E-state index is 0.0246. The highest BCUT2D eigenvalue weighted by molar-refractivity contribution is 7.88. The zero-order chi connectivity index (χ0) is 25.1.